The van der Waals surface area contributed by atoms with Gasteiger partial charge < -0.3 is 4.42 Å². The average molecular weight is 287 g/mol. The first-order chi connectivity index (χ1) is 9.76. The van der Waals surface area contributed by atoms with Crippen molar-refractivity contribution in [1.29, 1.82) is 0 Å². The van der Waals surface area contributed by atoms with Crippen LogP contribution in [0.25, 0.3) is 11.0 Å². The Morgan fingerprint density at radius 2 is 2.25 bits per heavy atom. The van der Waals surface area contributed by atoms with E-state index in [1.807, 2.05) is 12.1 Å². The monoisotopic (exact) mass is 287 g/mol. The summed E-state index contributed by atoms with van der Waals surface area (Å²) in [7, 11) is 0. The second-order valence-corrected chi connectivity index (χ2v) is 5.32. The van der Waals surface area contributed by atoms with Gasteiger partial charge in [-0.15, -0.1) is 0 Å². The molecule has 102 valence electrons. The summed E-state index contributed by atoms with van der Waals surface area (Å²) in [4.78, 5) is 15.7. The number of nitrogens with one attached hydrogen (secondary N) is 1. The lowest BCUT2D eigenvalue weighted by Gasteiger charge is -2.05. The predicted molar refractivity (Wildman–Crippen MR) is 77.8 cm³/mol. The Labute approximate surface area is 119 Å². The van der Waals surface area contributed by atoms with Crippen molar-refractivity contribution in [3.63, 3.8) is 0 Å². The molecule has 0 spiro atoms. The van der Waals surface area contributed by atoms with E-state index in [0.29, 0.717) is 11.3 Å². The molecule has 0 amide bonds. The zero-order valence-electron chi connectivity index (χ0n) is 10.9. The van der Waals surface area contributed by atoms with E-state index in [0.717, 1.165) is 28.1 Å². The summed E-state index contributed by atoms with van der Waals surface area (Å²) in [6, 6.07) is 7.54. The molecule has 0 aliphatic heterocycles. The zero-order valence-corrected chi connectivity index (χ0v) is 11.7. The predicted octanol–water partition coefficient (Wildman–Crippen LogP) is 2.77. The number of benzene rings is 1. The topological polar surface area (TPSA) is 71.8 Å². The third-order valence-electron chi connectivity index (χ3n) is 3.06. The molecule has 0 radical (unpaired) electrons. The third kappa shape index (κ3) is 2.60. The van der Waals surface area contributed by atoms with Crippen molar-refractivity contribution in [2.45, 2.75) is 24.3 Å². The maximum Gasteiger partial charge on any atom is 0.336 e. The third-order valence-corrected chi connectivity index (χ3v) is 3.99. The largest absolute Gasteiger partial charge is 0.423 e. The number of H-pyrrole nitrogens is 1. The summed E-state index contributed by atoms with van der Waals surface area (Å²) in [6.45, 7) is 2.07. The van der Waals surface area contributed by atoms with Gasteiger partial charge in [0, 0.05) is 17.2 Å². The van der Waals surface area contributed by atoms with Crippen molar-refractivity contribution in [3.05, 3.63) is 52.1 Å². The molecular weight excluding hydrogens is 274 g/mol. The van der Waals surface area contributed by atoms with Gasteiger partial charge in [0.05, 0.1) is 0 Å². The highest BCUT2D eigenvalue weighted by atomic mass is 32.2. The molecule has 6 heteroatoms. The number of fused-ring (bicyclic) bond motifs is 1. The van der Waals surface area contributed by atoms with E-state index in [2.05, 4.69) is 28.2 Å². The molecule has 20 heavy (non-hydrogen) atoms. The highest BCUT2D eigenvalue weighted by molar-refractivity contribution is 7.98. The van der Waals surface area contributed by atoms with Crippen LogP contribution in [0.3, 0.4) is 0 Å². The Bertz CT molecular complexity index is 781. The Morgan fingerprint density at radius 1 is 1.35 bits per heavy atom. The van der Waals surface area contributed by atoms with E-state index in [9.17, 15) is 4.79 Å². The van der Waals surface area contributed by atoms with Gasteiger partial charge >= 0.3 is 5.63 Å². The lowest BCUT2D eigenvalue weighted by molar-refractivity contribution is 0.559. The fourth-order valence-corrected chi connectivity index (χ4v) is 2.79. The molecule has 3 aromatic rings. The molecule has 0 unspecified atom stereocenters. The summed E-state index contributed by atoms with van der Waals surface area (Å²) in [5.41, 5.74) is 2.42. The minimum Gasteiger partial charge on any atom is -0.423 e. The van der Waals surface area contributed by atoms with Crippen molar-refractivity contribution >= 4 is 22.7 Å². The highest BCUT2D eigenvalue weighted by Crippen LogP contribution is 2.24. The lowest BCUT2D eigenvalue weighted by Crippen LogP contribution is -2.00. The number of rotatable bonds is 4. The molecule has 1 aromatic carbocycles. The zero-order chi connectivity index (χ0) is 13.9. The Kier molecular flexibility index (Phi) is 3.56. The first kappa shape index (κ1) is 12.9. The van der Waals surface area contributed by atoms with Gasteiger partial charge in [0.25, 0.3) is 0 Å². The van der Waals surface area contributed by atoms with Gasteiger partial charge in [-0.1, -0.05) is 30.8 Å². The lowest BCUT2D eigenvalue weighted by atomic mass is 10.1. The Balaban J connectivity index is 1.99. The molecule has 0 aliphatic carbocycles. The summed E-state index contributed by atoms with van der Waals surface area (Å²) < 4.78 is 5.28. The Morgan fingerprint density at radius 3 is 3.00 bits per heavy atom. The molecule has 0 aliphatic rings. The molecule has 0 saturated carbocycles. The molecule has 0 fully saturated rings. The standard InChI is InChI=1S/C14H13N3O2S/c1-2-9-3-4-11-10(6-13(18)19-12(11)5-9)7-20-14-15-8-16-17-14/h3-6,8H,2,7H2,1H3,(H,15,16,17). The van der Waals surface area contributed by atoms with Crippen LogP contribution in [0.5, 0.6) is 0 Å². The summed E-state index contributed by atoms with van der Waals surface area (Å²) >= 11 is 1.50. The SMILES string of the molecule is CCc1ccc2c(CSc3ncn[nH]3)cc(=O)oc2c1. The van der Waals surface area contributed by atoms with Crippen LogP contribution in [0, 0.1) is 0 Å². The molecular formula is C14H13N3O2S. The van der Waals surface area contributed by atoms with E-state index in [1.54, 1.807) is 0 Å². The van der Waals surface area contributed by atoms with Crippen molar-refractivity contribution in [3.8, 4) is 0 Å². The first-order valence-electron chi connectivity index (χ1n) is 6.30. The van der Waals surface area contributed by atoms with Gasteiger partial charge in [0.2, 0.25) is 0 Å². The van der Waals surface area contributed by atoms with E-state index in [-0.39, 0.29) is 5.63 Å². The number of aryl methyl sites for hydroxylation is 1. The van der Waals surface area contributed by atoms with Crippen LogP contribution in [-0.2, 0) is 12.2 Å². The molecule has 2 heterocycles. The van der Waals surface area contributed by atoms with Gasteiger partial charge in [0.15, 0.2) is 5.16 Å². The van der Waals surface area contributed by atoms with Gasteiger partial charge in [-0.2, -0.15) is 5.10 Å². The van der Waals surface area contributed by atoms with Crippen molar-refractivity contribution in [1.82, 2.24) is 15.2 Å². The number of nitrogens with zero attached hydrogens (tertiary/aromatic N) is 2. The van der Waals surface area contributed by atoms with Gasteiger partial charge in [-0.3, -0.25) is 5.10 Å². The van der Waals surface area contributed by atoms with Crippen LogP contribution in [0.1, 0.15) is 18.1 Å². The maximum absolute atomic E-state index is 11.7. The second-order valence-electron chi connectivity index (χ2n) is 4.35. The Hall–Kier alpha value is -2.08. The van der Waals surface area contributed by atoms with Gasteiger partial charge in [0.1, 0.15) is 11.9 Å². The molecule has 0 bridgehead atoms. The highest BCUT2D eigenvalue weighted by Gasteiger charge is 2.08. The van der Waals surface area contributed by atoms with Crippen LogP contribution >= 0.6 is 11.8 Å². The molecule has 5 nitrogen and oxygen atoms in total. The minimum absolute atomic E-state index is 0.320. The summed E-state index contributed by atoms with van der Waals surface area (Å²) in [5, 5.41) is 8.29. The smallest absolute Gasteiger partial charge is 0.336 e. The molecule has 3 rings (SSSR count). The quantitative estimate of drug-likeness (QED) is 0.590. The number of hydrogen-bond donors (Lipinski definition) is 1. The van der Waals surface area contributed by atoms with E-state index in [1.165, 1.54) is 24.2 Å². The molecule has 0 saturated heterocycles. The van der Waals surface area contributed by atoms with E-state index < -0.39 is 0 Å². The maximum atomic E-state index is 11.7. The minimum atomic E-state index is -0.320. The van der Waals surface area contributed by atoms with E-state index in [4.69, 9.17) is 4.42 Å². The molecule has 2 aromatic heterocycles. The fourth-order valence-electron chi connectivity index (χ4n) is 2.02. The van der Waals surface area contributed by atoms with Crippen molar-refractivity contribution < 1.29 is 4.42 Å². The number of hydrogen-bond acceptors (Lipinski definition) is 5. The molecule has 0 atom stereocenters. The van der Waals surface area contributed by atoms with Crippen LogP contribution in [0.2, 0.25) is 0 Å². The number of thioether (sulfide) groups is 1. The normalized spacial score (nSPS) is 11.1. The number of aromatic amines is 1. The van der Waals surface area contributed by atoms with Gasteiger partial charge in [-0.25, -0.2) is 9.78 Å². The molecule has 1 N–H and O–H groups in total. The van der Waals surface area contributed by atoms with Crippen LogP contribution in [-0.4, -0.2) is 15.2 Å². The van der Waals surface area contributed by atoms with Gasteiger partial charge in [-0.05, 0) is 23.6 Å². The average Bonchev–Trinajstić information content (AvgIpc) is 2.97. The van der Waals surface area contributed by atoms with Crippen molar-refractivity contribution in [2.24, 2.45) is 0 Å². The first-order valence-corrected chi connectivity index (χ1v) is 7.28. The summed E-state index contributed by atoms with van der Waals surface area (Å²) in [6.07, 6.45) is 2.38. The van der Waals surface area contributed by atoms with Crippen LogP contribution in [0.4, 0.5) is 0 Å². The number of aromatic nitrogens is 3. The van der Waals surface area contributed by atoms with Crippen molar-refractivity contribution in [2.75, 3.05) is 0 Å². The van der Waals surface area contributed by atoms with Crippen LogP contribution in [0.15, 0.2) is 45.0 Å². The van der Waals surface area contributed by atoms with E-state index >= 15 is 0 Å². The van der Waals surface area contributed by atoms with Crippen LogP contribution < -0.4 is 5.63 Å². The fraction of sp³-hybridized carbons (Fsp3) is 0.214. The second kappa shape index (κ2) is 5.50. The summed E-state index contributed by atoms with van der Waals surface area (Å²) in [5.74, 6) is 0.642.